The Kier molecular flexibility index (Phi) is 5.79. The van der Waals surface area contributed by atoms with Gasteiger partial charge in [-0.2, -0.15) is 15.0 Å². The van der Waals surface area contributed by atoms with Crippen LogP contribution in [0.4, 0.5) is 5.95 Å². The van der Waals surface area contributed by atoms with Crippen LogP contribution in [0.1, 0.15) is 41.0 Å². The van der Waals surface area contributed by atoms with E-state index in [-0.39, 0.29) is 17.4 Å². The van der Waals surface area contributed by atoms with Crippen LogP contribution >= 0.6 is 11.6 Å². The van der Waals surface area contributed by atoms with Gasteiger partial charge in [0.15, 0.2) is 0 Å². The second-order valence-corrected chi connectivity index (χ2v) is 5.78. The average molecular weight is 287 g/mol. The normalized spacial score (nSPS) is 12.9. The number of halogens is 1. The zero-order valence-corrected chi connectivity index (χ0v) is 13.3. The maximum atomic E-state index is 5.92. The Morgan fingerprint density at radius 1 is 1.11 bits per heavy atom. The first kappa shape index (κ1) is 16.0. The second kappa shape index (κ2) is 6.89. The quantitative estimate of drug-likeness (QED) is 0.804. The van der Waals surface area contributed by atoms with Gasteiger partial charge in [-0.05, 0) is 44.7 Å². The summed E-state index contributed by atoms with van der Waals surface area (Å²) in [4.78, 5) is 14.4. The van der Waals surface area contributed by atoms with Gasteiger partial charge in [-0.25, -0.2) is 0 Å². The topological polar surface area (TPSA) is 51.1 Å². The van der Waals surface area contributed by atoms with E-state index < -0.39 is 0 Å². The van der Waals surface area contributed by atoms with Crippen molar-refractivity contribution in [1.82, 2.24) is 15.0 Å². The van der Waals surface area contributed by atoms with Crippen molar-refractivity contribution in [2.75, 3.05) is 11.9 Å². The van der Waals surface area contributed by atoms with Crippen LogP contribution in [0, 0.1) is 5.92 Å². The van der Waals surface area contributed by atoms with Crippen molar-refractivity contribution in [3.05, 3.63) is 5.28 Å². The van der Waals surface area contributed by atoms with Gasteiger partial charge in [0.1, 0.15) is 0 Å². The fourth-order valence-electron chi connectivity index (χ4n) is 1.78. The first-order valence-electron chi connectivity index (χ1n) is 6.60. The summed E-state index contributed by atoms with van der Waals surface area (Å²) in [6.07, 6.45) is 1.06. The molecular weight excluding hydrogens is 264 g/mol. The molecule has 1 aromatic heterocycles. The van der Waals surface area contributed by atoms with Crippen LogP contribution in [0.15, 0.2) is 0 Å². The molecule has 0 amide bonds. The highest BCUT2D eigenvalue weighted by Gasteiger charge is 2.17. The predicted octanol–water partition coefficient (Wildman–Crippen LogP) is 3.18. The molecular formula is C13H23ClN4O. The molecule has 1 rings (SSSR count). The molecule has 0 radical (unpaired) electrons. The highest BCUT2D eigenvalue weighted by atomic mass is 35.5. The second-order valence-electron chi connectivity index (χ2n) is 5.44. The van der Waals surface area contributed by atoms with Crippen molar-refractivity contribution >= 4 is 17.5 Å². The molecule has 0 saturated heterocycles. The van der Waals surface area contributed by atoms with Crippen LogP contribution in [-0.4, -0.2) is 34.1 Å². The third-order valence-electron chi connectivity index (χ3n) is 2.71. The summed E-state index contributed by atoms with van der Waals surface area (Å²) in [5, 5.41) is 0.157. The lowest BCUT2D eigenvalue weighted by molar-refractivity contribution is 0.221. The van der Waals surface area contributed by atoms with E-state index in [1.54, 1.807) is 0 Å². The summed E-state index contributed by atoms with van der Waals surface area (Å²) in [5.41, 5.74) is 0. The van der Waals surface area contributed by atoms with E-state index in [0.29, 0.717) is 17.9 Å². The van der Waals surface area contributed by atoms with Gasteiger partial charge in [0.2, 0.25) is 11.2 Å². The largest absolute Gasteiger partial charge is 0.461 e. The molecule has 1 heterocycles. The smallest absolute Gasteiger partial charge is 0.322 e. The molecule has 5 nitrogen and oxygen atoms in total. The van der Waals surface area contributed by atoms with E-state index in [2.05, 4.69) is 35.7 Å². The van der Waals surface area contributed by atoms with Crippen LogP contribution in [0.25, 0.3) is 0 Å². The number of rotatable bonds is 6. The van der Waals surface area contributed by atoms with E-state index in [4.69, 9.17) is 16.3 Å². The molecule has 0 saturated carbocycles. The van der Waals surface area contributed by atoms with Gasteiger partial charge in [-0.3, -0.25) is 0 Å². The first-order valence-corrected chi connectivity index (χ1v) is 6.98. The molecule has 1 atom stereocenters. The lowest BCUT2D eigenvalue weighted by Gasteiger charge is -2.26. The molecule has 0 fully saturated rings. The van der Waals surface area contributed by atoms with E-state index in [9.17, 15) is 0 Å². The fraction of sp³-hybridized carbons (Fsp3) is 0.769. The molecule has 1 unspecified atom stereocenters. The van der Waals surface area contributed by atoms with Crippen molar-refractivity contribution in [2.24, 2.45) is 5.92 Å². The third kappa shape index (κ3) is 5.19. The van der Waals surface area contributed by atoms with Crippen molar-refractivity contribution < 1.29 is 4.74 Å². The fourth-order valence-corrected chi connectivity index (χ4v) is 1.93. The van der Waals surface area contributed by atoms with Gasteiger partial charge >= 0.3 is 6.01 Å². The summed E-state index contributed by atoms with van der Waals surface area (Å²) in [7, 11) is 1.96. The third-order valence-corrected chi connectivity index (χ3v) is 2.88. The molecule has 0 aromatic carbocycles. The standard InChI is InChI=1S/C13H23ClN4O/c1-8(2)7-10(5)18(6)12-15-11(14)16-13(17-12)19-9(3)4/h8-10H,7H2,1-6H3. The van der Waals surface area contributed by atoms with Crippen molar-refractivity contribution in [3.8, 4) is 6.01 Å². The van der Waals surface area contributed by atoms with E-state index >= 15 is 0 Å². The minimum absolute atomic E-state index is 0.00436. The molecule has 0 aliphatic heterocycles. The van der Waals surface area contributed by atoms with Crippen molar-refractivity contribution in [1.29, 1.82) is 0 Å². The van der Waals surface area contributed by atoms with Crippen LogP contribution in [0.5, 0.6) is 6.01 Å². The Hall–Kier alpha value is -1.10. The summed E-state index contributed by atoms with van der Waals surface area (Å²) >= 11 is 5.92. The molecule has 0 bridgehead atoms. The van der Waals surface area contributed by atoms with Crippen molar-refractivity contribution in [2.45, 2.75) is 53.2 Å². The Labute approximate surface area is 120 Å². The number of hydrogen-bond donors (Lipinski definition) is 0. The number of hydrogen-bond acceptors (Lipinski definition) is 5. The molecule has 6 heteroatoms. The Morgan fingerprint density at radius 2 is 1.74 bits per heavy atom. The Morgan fingerprint density at radius 3 is 2.26 bits per heavy atom. The number of aromatic nitrogens is 3. The highest BCUT2D eigenvalue weighted by molar-refractivity contribution is 6.28. The van der Waals surface area contributed by atoms with Crippen molar-refractivity contribution in [3.63, 3.8) is 0 Å². The van der Waals surface area contributed by atoms with Gasteiger partial charge in [0.05, 0.1) is 6.10 Å². The molecule has 108 valence electrons. The summed E-state index contributed by atoms with van der Waals surface area (Å²) in [6.45, 7) is 10.4. The van der Waals surface area contributed by atoms with Crippen LogP contribution in [0.3, 0.4) is 0 Å². The van der Waals surface area contributed by atoms with Crippen LogP contribution in [0.2, 0.25) is 5.28 Å². The SMILES string of the molecule is CC(C)CC(C)N(C)c1nc(Cl)nc(OC(C)C)n1. The minimum Gasteiger partial charge on any atom is -0.461 e. The van der Waals surface area contributed by atoms with Crippen LogP contribution < -0.4 is 9.64 Å². The molecule has 0 spiro atoms. The van der Waals surface area contributed by atoms with E-state index in [1.165, 1.54) is 0 Å². The first-order chi connectivity index (χ1) is 8.79. The maximum Gasteiger partial charge on any atom is 0.322 e. The zero-order valence-electron chi connectivity index (χ0n) is 12.5. The van der Waals surface area contributed by atoms with Gasteiger partial charge < -0.3 is 9.64 Å². The highest BCUT2D eigenvalue weighted by Crippen LogP contribution is 2.19. The molecule has 0 aliphatic carbocycles. The number of anilines is 1. The number of nitrogens with zero attached hydrogens (tertiary/aromatic N) is 4. The molecule has 0 N–H and O–H groups in total. The summed E-state index contributed by atoms with van der Waals surface area (Å²) in [5.74, 6) is 1.16. The predicted molar refractivity (Wildman–Crippen MR) is 77.9 cm³/mol. The Balaban J connectivity index is 2.89. The Bertz CT molecular complexity index is 412. The molecule has 19 heavy (non-hydrogen) atoms. The van der Waals surface area contributed by atoms with Gasteiger partial charge in [-0.15, -0.1) is 0 Å². The zero-order chi connectivity index (χ0) is 14.6. The number of ether oxygens (including phenoxy) is 1. The van der Waals surface area contributed by atoms with E-state index in [1.807, 2.05) is 25.8 Å². The summed E-state index contributed by atoms with van der Waals surface area (Å²) in [6, 6.07) is 0.596. The molecule has 1 aromatic rings. The lowest BCUT2D eigenvalue weighted by Crippen LogP contribution is -2.31. The summed E-state index contributed by atoms with van der Waals surface area (Å²) < 4.78 is 5.47. The van der Waals surface area contributed by atoms with Gasteiger partial charge in [-0.1, -0.05) is 13.8 Å². The molecule has 0 aliphatic rings. The average Bonchev–Trinajstić information content (AvgIpc) is 2.25. The van der Waals surface area contributed by atoms with Crippen LogP contribution in [-0.2, 0) is 0 Å². The van der Waals surface area contributed by atoms with Gasteiger partial charge in [0, 0.05) is 13.1 Å². The lowest BCUT2D eigenvalue weighted by atomic mass is 10.0. The minimum atomic E-state index is 0.00436. The maximum absolute atomic E-state index is 5.92. The van der Waals surface area contributed by atoms with Gasteiger partial charge in [0.25, 0.3) is 0 Å². The van der Waals surface area contributed by atoms with E-state index in [0.717, 1.165) is 6.42 Å². The monoisotopic (exact) mass is 286 g/mol.